The molecular weight excluding hydrogens is 196 g/mol. The van der Waals surface area contributed by atoms with Crippen molar-refractivity contribution in [1.82, 2.24) is 15.1 Å². The van der Waals surface area contributed by atoms with Gasteiger partial charge in [0.15, 0.2) is 0 Å². The normalized spacial score (nSPS) is 10.9. The average molecular weight is 214 g/mol. The Morgan fingerprint density at radius 2 is 2.21 bits per heavy atom. The van der Waals surface area contributed by atoms with Crippen LogP contribution in [0.3, 0.4) is 0 Å². The molecule has 0 bridgehead atoms. The molecule has 0 saturated heterocycles. The number of aromatic nitrogens is 2. The Hall–Kier alpha value is -0.680. The van der Waals surface area contributed by atoms with Gasteiger partial charge in [0, 0.05) is 7.05 Å². The highest BCUT2D eigenvalue weighted by atomic mass is 32.1. The van der Waals surface area contributed by atoms with Crippen molar-refractivity contribution in [1.29, 1.82) is 0 Å². The van der Waals surface area contributed by atoms with E-state index in [1.165, 1.54) is 12.8 Å². The minimum Gasteiger partial charge on any atom is -0.363 e. The molecule has 1 N–H and O–H groups in total. The minimum absolute atomic E-state index is 0.892. The maximum absolute atomic E-state index is 4.10. The lowest BCUT2D eigenvalue weighted by molar-refractivity contribution is 0.319. The number of hydrogen-bond donors (Lipinski definition) is 1. The van der Waals surface area contributed by atoms with Crippen molar-refractivity contribution in [2.24, 2.45) is 0 Å². The Morgan fingerprint density at radius 3 is 2.79 bits per heavy atom. The van der Waals surface area contributed by atoms with Gasteiger partial charge in [0.25, 0.3) is 0 Å². The van der Waals surface area contributed by atoms with Crippen LogP contribution in [0, 0.1) is 0 Å². The Labute approximate surface area is 89.3 Å². The zero-order chi connectivity index (χ0) is 10.4. The minimum atomic E-state index is 0.892. The van der Waals surface area contributed by atoms with Gasteiger partial charge in [0.2, 0.25) is 5.13 Å². The molecule has 0 amide bonds. The van der Waals surface area contributed by atoms with Crippen molar-refractivity contribution in [2.45, 2.75) is 26.3 Å². The van der Waals surface area contributed by atoms with Gasteiger partial charge in [-0.25, -0.2) is 0 Å². The lowest BCUT2D eigenvalue weighted by atomic mass is 10.3. The molecule has 0 aliphatic heterocycles. The maximum Gasteiger partial charge on any atom is 0.205 e. The van der Waals surface area contributed by atoms with E-state index in [4.69, 9.17) is 0 Å². The number of hydrogen-bond acceptors (Lipinski definition) is 5. The molecule has 0 radical (unpaired) electrons. The molecule has 0 unspecified atom stereocenters. The third-order valence-corrected chi connectivity index (χ3v) is 2.90. The number of rotatable bonds is 6. The summed E-state index contributed by atoms with van der Waals surface area (Å²) in [6, 6.07) is 0. The summed E-state index contributed by atoms with van der Waals surface area (Å²) < 4.78 is 0. The topological polar surface area (TPSA) is 41.1 Å². The highest BCUT2D eigenvalue weighted by molar-refractivity contribution is 7.15. The van der Waals surface area contributed by atoms with E-state index in [9.17, 15) is 0 Å². The summed E-state index contributed by atoms with van der Waals surface area (Å²) >= 11 is 1.62. The van der Waals surface area contributed by atoms with Gasteiger partial charge in [0.05, 0.1) is 6.54 Å². The van der Waals surface area contributed by atoms with Gasteiger partial charge in [0.1, 0.15) is 5.01 Å². The van der Waals surface area contributed by atoms with E-state index < -0.39 is 0 Å². The van der Waals surface area contributed by atoms with Crippen LogP contribution in [0.1, 0.15) is 24.8 Å². The van der Waals surface area contributed by atoms with Crippen molar-refractivity contribution in [3.63, 3.8) is 0 Å². The highest BCUT2D eigenvalue weighted by Gasteiger charge is 2.05. The second-order valence-corrected chi connectivity index (χ2v) is 4.40. The monoisotopic (exact) mass is 214 g/mol. The molecule has 1 heterocycles. The molecule has 0 saturated carbocycles. The van der Waals surface area contributed by atoms with Crippen LogP contribution in [0.15, 0.2) is 0 Å². The number of unbranched alkanes of at least 4 members (excludes halogenated alkanes) is 1. The molecule has 0 fully saturated rings. The molecule has 1 aromatic heterocycles. The molecule has 0 aliphatic rings. The van der Waals surface area contributed by atoms with Crippen molar-refractivity contribution in [3.05, 3.63) is 5.01 Å². The Kier molecular flexibility index (Phi) is 4.82. The second-order valence-electron chi connectivity index (χ2n) is 3.34. The summed E-state index contributed by atoms with van der Waals surface area (Å²) in [5, 5.41) is 13.1. The molecule has 1 rings (SSSR count). The zero-order valence-corrected chi connectivity index (χ0v) is 9.89. The van der Waals surface area contributed by atoms with Gasteiger partial charge in [-0.2, -0.15) is 0 Å². The molecule has 0 atom stereocenters. The highest BCUT2D eigenvalue weighted by Crippen LogP contribution is 2.15. The Bertz CT molecular complexity index is 261. The van der Waals surface area contributed by atoms with Gasteiger partial charge >= 0.3 is 0 Å². The quantitative estimate of drug-likeness (QED) is 0.784. The maximum atomic E-state index is 4.10. The third kappa shape index (κ3) is 3.59. The van der Waals surface area contributed by atoms with Gasteiger partial charge in [-0.3, -0.25) is 4.90 Å². The van der Waals surface area contributed by atoms with Crippen LogP contribution < -0.4 is 5.32 Å². The lowest BCUT2D eigenvalue weighted by Gasteiger charge is -2.13. The van der Waals surface area contributed by atoms with E-state index in [2.05, 4.69) is 34.4 Å². The predicted octanol–water partition coefficient (Wildman–Crippen LogP) is 1.81. The van der Waals surface area contributed by atoms with Gasteiger partial charge in [-0.15, -0.1) is 10.2 Å². The Morgan fingerprint density at radius 1 is 1.43 bits per heavy atom. The number of nitrogens with one attached hydrogen (secondary N) is 1. The lowest BCUT2D eigenvalue weighted by Crippen LogP contribution is -2.18. The van der Waals surface area contributed by atoms with Crippen LogP contribution in [0.4, 0.5) is 5.13 Å². The van der Waals surface area contributed by atoms with Gasteiger partial charge < -0.3 is 5.32 Å². The first kappa shape index (κ1) is 11.4. The van der Waals surface area contributed by atoms with Crippen molar-refractivity contribution in [3.8, 4) is 0 Å². The van der Waals surface area contributed by atoms with E-state index in [-0.39, 0.29) is 0 Å². The fourth-order valence-corrected chi connectivity index (χ4v) is 1.93. The largest absolute Gasteiger partial charge is 0.363 e. The van der Waals surface area contributed by atoms with Gasteiger partial charge in [-0.05, 0) is 20.0 Å². The van der Waals surface area contributed by atoms with E-state index in [0.29, 0.717) is 0 Å². The molecule has 80 valence electrons. The fraction of sp³-hybridized carbons (Fsp3) is 0.778. The molecule has 4 nitrogen and oxygen atoms in total. The average Bonchev–Trinajstić information content (AvgIpc) is 2.62. The molecule has 1 aromatic rings. The van der Waals surface area contributed by atoms with E-state index >= 15 is 0 Å². The molecule has 0 aromatic carbocycles. The van der Waals surface area contributed by atoms with Gasteiger partial charge in [-0.1, -0.05) is 24.7 Å². The van der Waals surface area contributed by atoms with Crippen LogP contribution in [-0.4, -0.2) is 35.7 Å². The molecule has 0 spiro atoms. The smallest absolute Gasteiger partial charge is 0.205 e. The third-order valence-electron chi connectivity index (χ3n) is 1.98. The van der Waals surface area contributed by atoms with E-state index in [1.54, 1.807) is 11.3 Å². The number of nitrogens with zero attached hydrogens (tertiary/aromatic N) is 3. The van der Waals surface area contributed by atoms with Crippen molar-refractivity contribution in [2.75, 3.05) is 26.0 Å². The summed E-state index contributed by atoms with van der Waals surface area (Å²) in [5.41, 5.74) is 0. The van der Waals surface area contributed by atoms with Crippen LogP contribution >= 0.6 is 11.3 Å². The van der Waals surface area contributed by atoms with Crippen LogP contribution in [-0.2, 0) is 6.54 Å². The van der Waals surface area contributed by atoms with Crippen molar-refractivity contribution < 1.29 is 0 Å². The first-order valence-corrected chi connectivity index (χ1v) is 5.76. The van der Waals surface area contributed by atoms with Crippen LogP contribution in [0.2, 0.25) is 0 Å². The molecular formula is C9H18N4S. The van der Waals surface area contributed by atoms with E-state index in [1.807, 2.05) is 7.05 Å². The summed E-state index contributed by atoms with van der Waals surface area (Å²) in [5.74, 6) is 0. The summed E-state index contributed by atoms with van der Waals surface area (Å²) in [6.45, 7) is 4.24. The second kappa shape index (κ2) is 5.93. The summed E-state index contributed by atoms with van der Waals surface area (Å²) in [4.78, 5) is 2.28. The first-order chi connectivity index (χ1) is 6.76. The number of anilines is 1. The summed E-state index contributed by atoms with van der Waals surface area (Å²) in [6.07, 6.45) is 2.48. The Balaban J connectivity index is 2.35. The first-order valence-electron chi connectivity index (χ1n) is 4.95. The van der Waals surface area contributed by atoms with Crippen LogP contribution in [0.5, 0.6) is 0 Å². The predicted molar refractivity (Wildman–Crippen MR) is 60.7 cm³/mol. The standard InChI is InChI=1S/C9H18N4S/c1-4-5-6-13(3)7-8-11-12-9(10-2)14-8/h4-7H2,1-3H3,(H,10,12). The molecule has 0 aliphatic carbocycles. The summed E-state index contributed by atoms with van der Waals surface area (Å²) in [7, 11) is 3.99. The van der Waals surface area contributed by atoms with Crippen molar-refractivity contribution >= 4 is 16.5 Å². The fourth-order valence-electron chi connectivity index (χ4n) is 1.16. The zero-order valence-electron chi connectivity index (χ0n) is 9.08. The molecule has 5 heteroatoms. The molecule has 14 heavy (non-hydrogen) atoms. The van der Waals surface area contributed by atoms with E-state index in [0.717, 1.165) is 23.2 Å². The van der Waals surface area contributed by atoms with Crippen LogP contribution in [0.25, 0.3) is 0 Å². The SMILES string of the molecule is CCCCN(C)Cc1nnc(NC)s1.